The van der Waals surface area contributed by atoms with Crippen LogP contribution in [0.25, 0.3) is 11.1 Å². The summed E-state index contributed by atoms with van der Waals surface area (Å²) in [4.78, 5) is 5.33. The molecule has 3 aromatic rings. The third-order valence-corrected chi connectivity index (χ3v) is 4.66. The van der Waals surface area contributed by atoms with E-state index in [4.69, 9.17) is 11.6 Å². The molecule has 0 amide bonds. The largest absolute Gasteiger partial charge is 0.386 e. The van der Waals surface area contributed by atoms with Gasteiger partial charge in [0.15, 0.2) is 0 Å². The summed E-state index contributed by atoms with van der Waals surface area (Å²) in [5.74, 6) is 0. The molecule has 0 fully saturated rings. The molecule has 3 rings (SSSR count). The molecule has 0 aliphatic heterocycles. The van der Waals surface area contributed by atoms with E-state index in [9.17, 15) is 5.11 Å². The van der Waals surface area contributed by atoms with E-state index >= 15 is 0 Å². The van der Waals surface area contributed by atoms with Crippen LogP contribution < -0.4 is 0 Å². The van der Waals surface area contributed by atoms with Crippen LogP contribution >= 0.6 is 22.9 Å². The minimum atomic E-state index is -0.641. The zero-order chi connectivity index (χ0) is 16.1. The van der Waals surface area contributed by atoms with Crippen LogP contribution in [0.15, 0.2) is 71.7 Å². The number of halogens is 1. The van der Waals surface area contributed by atoms with Gasteiger partial charge in [0, 0.05) is 11.1 Å². The molecule has 1 unspecified atom stereocenters. The van der Waals surface area contributed by atoms with Gasteiger partial charge in [0.2, 0.25) is 0 Å². The molecule has 0 saturated heterocycles. The molecule has 0 bridgehead atoms. The number of hydrogen-bond donors (Lipinski definition) is 1. The molecule has 23 heavy (non-hydrogen) atoms. The number of rotatable bonds is 5. The van der Waals surface area contributed by atoms with Crippen molar-refractivity contribution in [3.8, 4) is 11.1 Å². The SMILES string of the molecule is OC(C/N=C/c1ccc(Cl)s1)c1ccccc1-c1ccccc1. The molecule has 1 heterocycles. The predicted molar refractivity (Wildman–Crippen MR) is 98.6 cm³/mol. The van der Waals surface area contributed by atoms with Crippen molar-refractivity contribution in [2.45, 2.75) is 6.10 Å². The van der Waals surface area contributed by atoms with E-state index in [1.165, 1.54) is 11.3 Å². The van der Waals surface area contributed by atoms with Gasteiger partial charge in [-0.05, 0) is 28.8 Å². The second kappa shape index (κ2) is 7.55. The normalized spacial score (nSPS) is 12.6. The van der Waals surface area contributed by atoms with E-state index in [1.54, 1.807) is 6.21 Å². The standard InChI is InChI=1S/C19H16ClNOS/c20-19-11-10-15(23-19)12-21-13-18(22)17-9-5-4-8-16(17)14-6-2-1-3-7-14/h1-12,18,22H,13H2/b21-12+. The lowest BCUT2D eigenvalue weighted by atomic mass is 9.96. The lowest BCUT2D eigenvalue weighted by Crippen LogP contribution is -2.03. The Balaban J connectivity index is 1.77. The summed E-state index contributed by atoms with van der Waals surface area (Å²) in [6, 6.07) is 21.7. The predicted octanol–water partition coefficient (Wildman–Crippen LogP) is 5.22. The summed E-state index contributed by atoms with van der Waals surface area (Å²) in [6.07, 6.45) is 1.11. The Morgan fingerprint density at radius 2 is 1.74 bits per heavy atom. The van der Waals surface area contributed by atoms with Gasteiger partial charge in [-0.3, -0.25) is 4.99 Å². The van der Waals surface area contributed by atoms with E-state index in [-0.39, 0.29) is 0 Å². The zero-order valence-electron chi connectivity index (χ0n) is 12.4. The van der Waals surface area contributed by atoms with Crippen LogP contribution in [0.1, 0.15) is 16.5 Å². The van der Waals surface area contributed by atoms with E-state index in [0.29, 0.717) is 6.54 Å². The molecule has 1 atom stereocenters. The zero-order valence-corrected chi connectivity index (χ0v) is 14.0. The van der Waals surface area contributed by atoms with Gasteiger partial charge in [-0.15, -0.1) is 11.3 Å². The number of aliphatic hydroxyl groups is 1. The first-order valence-corrected chi connectivity index (χ1v) is 8.51. The highest BCUT2D eigenvalue weighted by Crippen LogP contribution is 2.28. The Labute approximate surface area is 144 Å². The quantitative estimate of drug-likeness (QED) is 0.634. The van der Waals surface area contributed by atoms with Gasteiger partial charge in [-0.2, -0.15) is 0 Å². The van der Waals surface area contributed by atoms with Crippen molar-refractivity contribution >= 4 is 29.2 Å². The maximum Gasteiger partial charge on any atom is 0.0991 e. The molecule has 0 saturated carbocycles. The van der Waals surface area contributed by atoms with E-state index in [0.717, 1.165) is 25.9 Å². The highest BCUT2D eigenvalue weighted by molar-refractivity contribution is 7.17. The van der Waals surface area contributed by atoms with Crippen molar-refractivity contribution in [2.75, 3.05) is 6.54 Å². The van der Waals surface area contributed by atoms with Crippen LogP contribution in [0.3, 0.4) is 0 Å². The Morgan fingerprint density at radius 1 is 1.00 bits per heavy atom. The summed E-state index contributed by atoms with van der Waals surface area (Å²) in [6.45, 7) is 0.319. The molecule has 2 aromatic carbocycles. The number of aliphatic imine (C=N–C) groups is 1. The smallest absolute Gasteiger partial charge is 0.0991 e. The van der Waals surface area contributed by atoms with Gasteiger partial charge in [-0.1, -0.05) is 66.2 Å². The Morgan fingerprint density at radius 3 is 2.48 bits per heavy atom. The van der Waals surface area contributed by atoms with Crippen molar-refractivity contribution < 1.29 is 5.11 Å². The molecule has 0 aliphatic carbocycles. The lowest BCUT2D eigenvalue weighted by Gasteiger charge is -2.14. The maximum absolute atomic E-state index is 10.5. The average molecular weight is 342 g/mol. The highest BCUT2D eigenvalue weighted by Gasteiger charge is 2.12. The van der Waals surface area contributed by atoms with Crippen molar-refractivity contribution in [3.63, 3.8) is 0 Å². The molecule has 4 heteroatoms. The number of thiophene rings is 1. The molecule has 0 aliphatic rings. The van der Waals surface area contributed by atoms with Crippen LogP contribution in [0.4, 0.5) is 0 Å². The van der Waals surface area contributed by atoms with Gasteiger partial charge in [0.1, 0.15) is 0 Å². The van der Waals surface area contributed by atoms with E-state index in [1.807, 2.05) is 66.7 Å². The van der Waals surface area contributed by atoms with Gasteiger partial charge in [0.05, 0.1) is 17.0 Å². The Bertz CT molecular complexity index is 798. The molecular formula is C19H16ClNOS. The number of nitrogens with zero attached hydrogens (tertiary/aromatic N) is 1. The fourth-order valence-corrected chi connectivity index (χ4v) is 3.36. The summed E-state index contributed by atoms with van der Waals surface area (Å²) in [5.41, 5.74) is 3.02. The van der Waals surface area contributed by atoms with Crippen LogP contribution in [0, 0.1) is 0 Å². The van der Waals surface area contributed by atoms with Gasteiger partial charge in [-0.25, -0.2) is 0 Å². The minimum Gasteiger partial charge on any atom is -0.386 e. The Kier molecular flexibility index (Phi) is 5.23. The first-order chi connectivity index (χ1) is 11.2. The second-order valence-electron chi connectivity index (χ2n) is 5.11. The van der Waals surface area contributed by atoms with Crippen molar-refractivity contribution in [3.05, 3.63) is 81.5 Å². The first-order valence-electron chi connectivity index (χ1n) is 7.31. The molecule has 2 nitrogen and oxygen atoms in total. The molecule has 1 aromatic heterocycles. The van der Waals surface area contributed by atoms with Gasteiger partial charge >= 0.3 is 0 Å². The lowest BCUT2D eigenvalue weighted by molar-refractivity contribution is 0.188. The van der Waals surface area contributed by atoms with Crippen molar-refractivity contribution in [1.82, 2.24) is 0 Å². The third-order valence-electron chi connectivity index (χ3n) is 3.50. The molecule has 0 radical (unpaired) electrons. The van der Waals surface area contributed by atoms with E-state index < -0.39 is 6.10 Å². The summed E-state index contributed by atoms with van der Waals surface area (Å²) in [5, 5.41) is 10.5. The van der Waals surface area contributed by atoms with Crippen LogP contribution in [-0.4, -0.2) is 17.9 Å². The summed E-state index contributed by atoms with van der Waals surface area (Å²) < 4.78 is 0.737. The molecular weight excluding hydrogens is 326 g/mol. The van der Waals surface area contributed by atoms with Crippen LogP contribution in [-0.2, 0) is 0 Å². The maximum atomic E-state index is 10.5. The average Bonchev–Trinajstić information content (AvgIpc) is 3.01. The van der Waals surface area contributed by atoms with Crippen LogP contribution in [0.5, 0.6) is 0 Å². The number of aliphatic hydroxyl groups excluding tert-OH is 1. The van der Waals surface area contributed by atoms with Crippen LogP contribution in [0.2, 0.25) is 4.34 Å². The minimum absolute atomic E-state index is 0.319. The molecule has 116 valence electrons. The number of benzene rings is 2. The third kappa shape index (κ3) is 4.08. The fourth-order valence-electron chi connectivity index (χ4n) is 2.41. The number of hydrogen-bond acceptors (Lipinski definition) is 3. The Hall–Kier alpha value is -1.94. The monoisotopic (exact) mass is 341 g/mol. The van der Waals surface area contributed by atoms with Gasteiger partial charge in [0.25, 0.3) is 0 Å². The molecule has 1 N–H and O–H groups in total. The summed E-state index contributed by atoms with van der Waals surface area (Å²) in [7, 11) is 0. The van der Waals surface area contributed by atoms with Crippen molar-refractivity contribution in [1.29, 1.82) is 0 Å². The van der Waals surface area contributed by atoms with Gasteiger partial charge < -0.3 is 5.11 Å². The fraction of sp³-hybridized carbons (Fsp3) is 0.105. The van der Waals surface area contributed by atoms with E-state index in [2.05, 4.69) is 4.99 Å². The first kappa shape index (κ1) is 15.9. The highest BCUT2D eigenvalue weighted by atomic mass is 35.5. The summed E-state index contributed by atoms with van der Waals surface area (Å²) >= 11 is 7.36. The topological polar surface area (TPSA) is 32.6 Å². The van der Waals surface area contributed by atoms with Crippen molar-refractivity contribution in [2.24, 2.45) is 4.99 Å². The second-order valence-corrected chi connectivity index (χ2v) is 6.85. The molecule has 0 spiro atoms.